The molecule has 1 aliphatic heterocycles. The zero-order chi connectivity index (χ0) is 23.8. The van der Waals surface area contributed by atoms with Gasteiger partial charge in [-0.2, -0.15) is 0 Å². The van der Waals surface area contributed by atoms with Gasteiger partial charge >= 0.3 is 0 Å². The minimum atomic E-state index is -0.677. The van der Waals surface area contributed by atoms with Gasteiger partial charge in [0.25, 0.3) is 11.7 Å². The summed E-state index contributed by atoms with van der Waals surface area (Å²) in [5.41, 5.74) is 1.27. The number of nitrogens with zero attached hydrogens (tertiary/aromatic N) is 3. The van der Waals surface area contributed by atoms with Crippen molar-refractivity contribution in [2.75, 3.05) is 32.8 Å². The number of benzene rings is 1. The van der Waals surface area contributed by atoms with Crippen LogP contribution in [0.3, 0.4) is 0 Å². The summed E-state index contributed by atoms with van der Waals surface area (Å²) >= 11 is 0. The Hall–Kier alpha value is -3.45. The minimum absolute atomic E-state index is 0.0915. The summed E-state index contributed by atoms with van der Waals surface area (Å²) in [6, 6.07) is 9.79. The van der Waals surface area contributed by atoms with E-state index in [4.69, 9.17) is 4.74 Å². The maximum Gasteiger partial charge on any atom is 0.295 e. The van der Waals surface area contributed by atoms with Crippen LogP contribution in [0.2, 0.25) is 0 Å². The van der Waals surface area contributed by atoms with E-state index in [0.29, 0.717) is 24.5 Å². The number of aromatic nitrogens is 1. The zero-order valence-corrected chi connectivity index (χ0v) is 19.2. The van der Waals surface area contributed by atoms with E-state index in [1.54, 1.807) is 35.2 Å². The van der Waals surface area contributed by atoms with Gasteiger partial charge in [-0.3, -0.25) is 14.6 Å². The summed E-state index contributed by atoms with van der Waals surface area (Å²) in [5, 5.41) is 11.0. The Bertz CT molecular complexity index is 998. The molecular weight excluding hydrogens is 418 g/mol. The maximum atomic E-state index is 13.1. The smallest absolute Gasteiger partial charge is 0.295 e. The number of ether oxygens (including phenoxy) is 1. The van der Waals surface area contributed by atoms with Gasteiger partial charge in [-0.1, -0.05) is 38.6 Å². The summed E-state index contributed by atoms with van der Waals surface area (Å²) < 4.78 is 5.56. The molecule has 1 saturated heterocycles. The van der Waals surface area contributed by atoms with Crippen LogP contribution in [0.25, 0.3) is 5.76 Å². The van der Waals surface area contributed by atoms with E-state index in [-0.39, 0.29) is 11.3 Å². The molecule has 0 spiro atoms. The van der Waals surface area contributed by atoms with Gasteiger partial charge in [-0.15, -0.1) is 0 Å². The number of carbonyl (C=O) groups is 2. The van der Waals surface area contributed by atoms with E-state index in [0.717, 1.165) is 31.6 Å². The van der Waals surface area contributed by atoms with Crippen LogP contribution in [0.1, 0.15) is 37.4 Å². The molecule has 1 fully saturated rings. The first-order chi connectivity index (χ1) is 16.0. The Kier molecular flexibility index (Phi) is 8.38. The molecule has 0 aliphatic carbocycles. The molecule has 7 nitrogen and oxygen atoms in total. The maximum absolute atomic E-state index is 13.1. The highest BCUT2D eigenvalue weighted by molar-refractivity contribution is 6.46. The van der Waals surface area contributed by atoms with E-state index in [9.17, 15) is 14.7 Å². The summed E-state index contributed by atoms with van der Waals surface area (Å²) in [6.07, 6.45) is 5.46. The molecule has 1 unspecified atom stereocenters. The highest BCUT2D eigenvalue weighted by Crippen LogP contribution is 2.39. The van der Waals surface area contributed by atoms with Gasteiger partial charge in [0, 0.05) is 24.5 Å². The molecule has 1 N–H and O–H groups in total. The lowest BCUT2D eigenvalue weighted by molar-refractivity contribution is -0.140. The Balaban J connectivity index is 1.98. The lowest BCUT2D eigenvalue weighted by Gasteiger charge is -2.27. The summed E-state index contributed by atoms with van der Waals surface area (Å²) in [5.74, 6) is -0.809. The lowest BCUT2D eigenvalue weighted by atomic mass is 9.95. The molecule has 1 amide bonds. The second kappa shape index (κ2) is 11.4. The van der Waals surface area contributed by atoms with Gasteiger partial charge in [0.05, 0.1) is 11.6 Å². The van der Waals surface area contributed by atoms with Gasteiger partial charge in [-0.05, 0) is 55.9 Å². The second-order valence-electron chi connectivity index (χ2n) is 7.78. The highest BCUT2D eigenvalue weighted by atomic mass is 16.5. The van der Waals surface area contributed by atoms with Crippen molar-refractivity contribution in [3.05, 3.63) is 78.1 Å². The van der Waals surface area contributed by atoms with E-state index in [1.165, 1.54) is 12.4 Å². The van der Waals surface area contributed by atoms with Crippen molar-refractivity contribution in [2.45, 2.75) is 26.3 Å². The molecule has 0 bridgehead atoms. The van der Waals surface area contributed by atoms with Crippen LogP contribution in [-0.2, 0) is 9.59 Å². The fourth-order valence-corrected chi connectivity index (χ4v) is 4.03. The van der Waals surface area contributed by atoms with Crippen molar-refractivity contribution in [1.29, 1.82) is 0 Å². The third-order valence-corrected chi connectivity index (χ3v) is 5.83. The van der Waals surface area contributed by atoms with Crippen molar-refractivity contribution in [2.24, 2.45) is 0 Å². The number of ketones is 1. The van der Waals surface area contributed by atoms with Crippen molar-refractivity contribution in [3.63, 3.8) is 0 Å². The molecule has 174 valence electrons. The van der Waals surface area contributed by atoms with Gasteiger partial charge in [0.15, 0.2) is 0 Å². The fraction of sp³-hybridized carbons (Fsp3) is 0.346. The number of carbonyl (C=O) groups excluding carboxylic acids is 2. The molecule has 0 saturated carbocycles. The van der Waals surface area contributed by atoms with Gasteiger partial charge in [0.1, 0.15) is 18.1 Å². The first-order valence-corrected chi connectivity index (χ1v) is 11.3. The first-order valence-electron chi connectivity index (χ1n) is 11.3. The van der Waals surface area contributed by atoms with E-state index in [1.807, 2.05) is 12.1 Å². The summed E-state index contributed by atoms with van der Waals surface area (Å²) in [6.45, 7) is 11.3. The van der Waals surface area contributed by atoms with Crippen LogP contribution >= 0.6 is 0 Å². The Morgan fingerprint density at radius 1 is 1.15 bits per heavy atom. The van der Waals surface area contributed by atoms with Crippen LogP contribution in [0, 0.1) is 0 Å². The molecule has 3 rings (SSSR count). The van der Waals surface area contributed by atoms with Crippen molar-refractivity contribution >= 4 is 17.4 Å². The predicted molar refractivity (Wildman–Crippen MR) is 128 cm³/mol. The number of hydrogen-bond acceptors (Lipinski definition) is 6. The summed E-state index contributed by atoms with van der Waals surface area (Å²) in [4.78, 5) is 33.9. The number of amides is 1. The number of aliphatic hydroxyl groups is 1. The number of rotatable bonds is 11. The molecule has 33 heavy (non-hydrogen) atoms. The lowest BCUT2D eigenvalue weighted by Crippen LogP contribution is -2.33. The second-order valence-corrected chi connectivity index (χ2v) is 7.78. The number of aliphatic hydroxyl groups excluding tert-OH is 1. The first kappa shape index (κ1) is 24.2. The quantitative estimate of drug-likeness (QED) is 0.243. The molecule has 1 aliphatic rings. The van der Waals surface area contributed by atoms with Crippen LogP contribution in [0.5, 0.6) is 5.75 Å². The Labute approximate surface area is 195 Å². The minimum Gasteiger partial charge on any atom is -0.507 e. The SMILES string of the molecule is C=CCOc1ccc(C2/C(=C(\O)c3ccncc3)C(=O)C(=O)N2CCCN(CC)CC)cc1. The van der Waals surface area contributed by atoms with Crippen LogP contribution in [-0.4, -0.2) is 64.4 Å². The van der Waals surface area contributed by atoms with Crippen molar-refractivity contribution in [1.82, 2.24) is 14.8 Å². The van der Waals surface area contributed by atoms with E-state index < -0.39 is 17.7 Å². The number of likely N-dealkylation sites (tertiary alicyclic amines) is 1. The van der Waals surface area contributed by atoms with Crippen LogP contribution in [0.4, 0.5) is 0 Å². The Morgan fingerprint density at radius 2 is 1.82 bits per heavy atom. The van der Waals surface area contributed by atoms with Crippen LogP contribution < -0.4 is 4.74 Å². The monoisotopic (exact) mass is 449 g/mol. The number of Topliss-reactive ketones (excluding diaryl/α,β-unsaturated/α-hetero) is 1. The Morgan fingerprint density at radius 3 is 2.42 bits per heavy atom. The molecule has 1 aromatic heterocycles. The molecule has 2 aromatic rings. The van der Waals surface area contributed by atoms with Crippen LogP contribution in [0.15, 0.2) is 67.0 Å². The number of hydrogen-bond donors (Lipinski definition) is 1. The van der Waals surface area contributed by atoms with Crippen molar-refractivity contribution in [3.8, 4) is 5.75 Å². The average molecular weight is 450 g/mol. The normalized spacial score (nSPS) is 17.5. The average Bonchev–Trinajstić information content (AvgIpc) is 3.10. The fourth-order valence-electron chi connectivity index (χ4n) is 4.03. The molecule has 1 atom stereocenters. The number of pyridine rings is 1. The largest absolute Gasteiger partial charge is 0.507 e. The predicted octanol–water partition coefficient (Wildman–Crippen LogP) is 3.80. The van der Waals surface area contributed by atoms with E-state index in [2.05, 4.69) is 30.3 Å². The van der Waals surface area contributed by atoms with Crippen molar-refractivity contribution < 1.29 is 19.4 Å². The zero-order valence-electron chi connectivity index (χ0n) is 19.2. The third kappa shape index (κ3) is 5.49. The molecular formula is C26H31N3O4. The highest BCUT2D eigenvalue weighted by Gasteiger charge is 2.45. The van der Waals surface area contributed by atoms with Gasteiger partial charge in [-0.25, -0.2) is 0 Å². The van der Waals surface area contributed by atoms with E-state index >= 15 is 0 Å². The van der Waals surface area contributed by atoms with Gasteiger partial charge < -0.3 is 19.6 Å². The molecule has 2 heterocycles. The summed E-state index contributed by atoms with van der Waals surface area (Å²) in [7, 11) is 0. The standard InChI is InChI=1S/C26H31N3O4/c1-4-18-33-21-10-8-19(9-11-21)23-22(24(30)20-12-14-27-15-13-20)25(31)26(32)29(23)17-7-16-28(5-2)6-3/h4,8-15,23,30H,1,5-7,16-18H2,2-3H3/b24-22+. The molecule has 1 aromatic carbocycles. The van der Waals surface area contributed by atoms with Gasteiger partial charge in [0.2, 0.25) is 0 Å². The molecule has 7 heteroatoms. The third-order valence-electron chi connectivity index (χ3n) is 5.83. The topological polar surface area (TPSA) is 83.0 Å². The molecule has 0 radical (unpaired) electrons.